The number of rotatable bonds is 7. The van der Waals surface area contributed by atoms with Gasteiger partial charge in [0.1, 0.15) is 16.1 Å². The Bertz CT molecular complexity index is 747. The molecular formula is C15H16N4O2S. The van der Waals surface area contributed by atoms with E-state index in [1.807, 2.05) is 24.3 Å². The van der Waals surface area contributed by atoms with Crippen molar-refractivity contribution in [3.63, 3.8) is 0 Å². The SMILES string of the molecule is COc1ccccc1COCCNc1ncc2ncsc2n1. The standard InChI is InChI=1S/C15H16N4O2S/c1-20-13-5-3-2-4-11(13)9-21-7-6-16-15-17-8-12-14(19-15)22-10-18-12/h2-5,8,10H,6-7,9H2,1H3,(H,16,17,19). The lowest BCUT2D eigenvalue weighted by molar-refractivity contribution is 0.128. The zero-order chi connectivity index (χ0) is 15.2. The molecule has 0 atom stereocenters. The van der Waals surface area contributed by atoms with Crippen LogP contribution in [0.15, 0.2) is 36.0 Å². The fourth-order valence-electron chi connectivity index (χ4n) is 1.99. The van der Waals surface area contributed by atoms with E-state index in [4.69, 9.17) is 9.47 Å². The largest absolute Gasteiger partial charge is 0.496 e. The fraction of sp³-hybridized carbons (Fsp3) is 0.267. The van der Waals surface area contributed by atoms with Crippen LogP contribution in [-0.2, 0) is 11.3 Å². The lowest BCUT2D eigenvalue weighted by Gasteiger charge is -2.09. The number of aromatic nitrogens is 3. The number of para-hydroxylation sites is 1. The molecule has 0 radical (unpaired) electrons. The summed E-state index contributed by atoms with van der Waals surface area (Å²) in [4.78, 5) is 13.6. The van der Waals surface area contributed by atoms with E-state index in [9.17, 15) is 0 Å². The summed E-state index contributed by atoms with van der Waals surface area (Å²) >= 11 is 1.50. The minimum atomic E-state index is 0.514. The maximum atomic E-state index is 5.65. The molecule has 0 amide bonds. The maximum absolute atomic E-state index is 5.65. The average Bonchev–Trinajstić information content (AvgIpc) is 3.02. The minimum Gasteiger partial charge on any atom is -0.496 e. The minimum absolute atomic E-state index is 0.514. The van der Waals surface area contributed by atoms with Crippen LogP contribution >= 0.6 is 11.3 Å². The maximum Gasteiger partial charge on any atom is 0.224 e. The molecule has 1 N–H and O–H groups in total. The van der Waals surface area contributed by atoms with Crippen LogP contribution in [0.25, 0.3) is 10.3 Å². The highest BCUT2D eigenvalue weighted by Gasteiger charge is 2.03. The highest BCUT2D eigenvalue weighted by Crippen LogP contribution is 2.18. The third-order valence-electron chi connectivity index (χ3n) is 3.07. The van der Waals surface area contributed by atoms with Gasteiger partial charge in [0.15, 0.2) is 0 Å². The summed E-state index contributed by atoms with van der Waals surface area (Å²) in [6.07, 6.45) is 1.72. The van der Waals surface area contributed by atoms with Crippen LogP contribution in [0.4, 0.5) is 5.95 Å². The van der Waals surface area contributed by atoms with E-state index in [2.05, 4.69) is 20.3 Å². The van der Waals surface area contributed by atoms with Crippen LogP contribution in [0.5, 0.6) is 5.75 Å². The second kappa shape index (κ2) is 7.15. The van der Waals surface area contributed by atoms with E-state index >= 15 is 0 Å². The molecule has 0 spiro atoms. The predicted octanol–water partition coefficient (Wildman–Crippen LogP) is 2.72. The van der Waals surface area contributed by atoms with Crippen LogP contribution < -0.4 is 10.1 Å². The van der Waals surface area contributed by atoms with Crippen LogP contribution in [0.1, 0.15) is 5.56 Å². The van der Waals surface area contributed by atoms with Gasteiger partial charge in [0.05, 0.1) is 32.0 Å². The molecule has 0 bridgehead atoms. The van der Waals surface area contributed by atoms with E-state index in [1.165, 1.54) is 11.3 Å². The summed E-state index contributed by atoms with van der Waals surface area (Å²) in [6.45, 7) is 1.71. The number of fused-ring (bicyclic) bond motifs is 1. The Morgan fingerprint density at radius 3 is 3.05 bits per heavy atom. The molecule has 2 aromatic heterocycles. The lowest BCUT2D eigenvalue weighted by atomic mass is 10.2. The molecule has 0 saturated carbocycles. The van der Waals surface area contributed by atoms with Crippen molar-refractivity contribution in [3.8, 4) is 5.75 Å². The number of methoxy groups -OCH3 is 1. The topological polar surface area (TPSA) is 69.2 Å². The zero-order valence-electron chi connectivity index (χ0n) is 12.2. The normalized spacial score (nSPS) is 10.8. The Balaban J connectivity index is 1.45. The quantitative estimate of drug-likeness (QED) is 0.676. The molecule has 2 heterocycles. The highest BCUT2D eigenvalue weighted by molar-refractivity contribution is 7.16. The molecule has 3 aromatic rings. The molecule has 1 aromatic carbocycles. The van der Waals surface area contributed by atoms with Crippen molar-refractivity contribution in [2.45, 2.75) is 6.61 Å². The second-order valence-corrected chi connectivity index (χ2v) is 5.36. The molecule has 6 nitrogen and oxygen atoms in total. The number of thiazole rings is 1. The Hall–Kier alpha value is -2.25. The number of nitrogens with one attached hydrogen (secondary N) is 1. The molecule has 22 heavy (non-hydrogen) atoms. The van der Waals surface area contributed by atoms with Crippen molar-refractivity contribution in [2.24, 2.45) is 0 Å². The van der Waals surface area contributed by atoms with Gasteiger partial charge in [0.2, 0.25) is 5.95 Å². The highest BCUT2D eigenvalue weighted by atomic mass is 32.1. The Morgan fingerprint density at radius 2 is 2.14 bits per heavy atom. The average molecular weight is 316 g/mol. The van der Waals surface area contributed by atoms with Gasteiger partial charge in [-0.25, -0.2) is 15.0 Å². The van der Waals surface area contributed by atoms with E-state index in [0.717, 1.165) is 21.7 Å². The first-order valence-electron chi connectivity index (χ1n) is 6.86. The second-order valence-electron chi connectivity index (χ2n) is 4.53. The van der Waals surface area contributed by atoms with E-state index in [-0.39, 0.29) is 0 Å². The Kier molecular flexibility index (Phi) is 4.77. The van der Waals surface area contributed by atoms with Gasteiger partial charge < -0.3 is 14.8 Å². The Morgan fingerprint density at radius 1 is 1.23 bits per heavy atom. The molecular weight excluding hydrogens is 300 g/mol. The molecule has 3 rings (SSSR count). The summed E-state index contributed by atoms with van der Waals surface area (Å²) in [6, 6.07) is 7.83. The first-order valence-corrected chi connectivity index (χ1v) is 7.74. The number of hydrogen-bond acceptors (Lipinski definition) is 7. The van der Waals surface area contributed by atoms with Crippen LogP contribution in [0.2, 0.25) is 0 Å². The fourth-order valence-corrected chi connectivity index (χ4v) is 2.62. The smallest absolute Gasteiger partial charge is 0.224 e. The van der Waals surface area contributed by atoms with Crippen molar-refractivity contribution >= 4 is 27.6 Å². The van der Waals surface area contributed by atoms with E-state index in [1.54, 1.807) is 18.8 Å². The molecule has 0 unspecified atom stereocenters. The number of nitrogens with zero attached hydrogens (tertiary/aromatic N) is 3. The summed E-state index contributed by atoms with van der Waals surface area (Å²) in [7, 11) is 1.66. The van der Waals surface area contributed by atoms with Gasteiger partial charge in [-0.3, -0.25) is 0 Å². The van der Waals surface area contributed by atoms with Gasteiger partial charge in [-0.2, -0.15) is 0 Å². The number of ether oxygens (including phenoxy) is 2. The molecule has 0 aliphatic heterocycles. The molecule has 0 fully saturated rings. The number of benzene rings is 1. The van der Waals surface area contributed by atoms with Crippen molar-refractivity contribution in [1.29, 1.82) is 0 Å². The summed E-state index contributed by atoms with van der Waals surface area (Å²) in [5.41, 5.74) is 3.62. The Labute approximate surface area is 132 Å². The van der Waals surface area contributed by atoms with Crippen molar-refractivity contribution in [2.75, 3.05) is 25.6 Å². The first-order chi connectivity index (χ1) is 10.9. The number of hydrogen-bond donors (Lipinski definition) is 1. The zero-order valence-corrected chi connectivity index (χ0v) is 13.0. The van der Waals surface area contributed by atoms with Crippen molar-refractivity contribution < 1.29 is 9.47 Å². The third-order valence-corrected chi connectivity index (χ3v) is 3.81. The third kappa shape index (κ3) is 3.49. The summed E-state index contributed by atoms with van der Waals surface area (Å²) < 4.78 is 10.9. The van der Waals surface area contributed by atoms with Crippen LogP contribution in [0, 0.1) is 0 Å². The molecule has 0 saturated heterocycles. The van der Waals surface area contributed by atoms with Gasteiger partial charge in [-0.15, -0.1) is 11.3 Å². The summed E-state index contributed by atoms with van der Waals surface area (Å²) in [5.74, 6) is 1.44. The van der Waals surface area contributed by atoms with E-state index in [0.29, 0.717) is 25.7 Å². The van der Waals surface area contributed by atoms with Gasteiger partial charge in [-0.05, 0) is 6.07 Å². The van der Waals surface area contributed by atoms with Crippen LogP contribution in [-0.4, -0.2) is 35.2 Å². The van der Waals surface area contributed by atoms with Gasteiger partial charge >= 0.3 is 0 Å². The van der Waals surface area contributed by atoms with Gasteiger partial charge in [-0.1, -0.05) is 18.2 Å². The van der Waals surface area contributed by atoms with Crippen molar-refractivity contribution in [3.05, 3.63) is 41.5 Å². The van der Waals surface area contributed by atoms with Crippen molar-refractivity contribution in [1.82, 2.24) is 15.0 Å². The van der Waals surface area contributed by atoms with Gasteiger partial charge in [0.25, 0.3) is 0 Å². The van der Waals surface area contributed by atoms with Gasteiger partial charge in [0, 0.05) is 12.1 Å². The molecule has 0 aliphatic carbocycles. The molecule has 0 aliphatic rings. The van der Waals surface area contributed by atoms with Crippen LogP contribution in [0.3, 0.4) is 0 Å². The number of anilines is 1. The predicted molar refractivity (Wildman–Crippen MR) is 86.3 cm³/mol. The van der Waals surface area contributed by atoms with E-state index < -0.39 is 0 Å². The molecule has 114 valence electrons. The first kappa shape index (κ1) is 14.7. The lowest BCUT2D eigenvalue weighted by Crippen LogP contribution is -2.11. The monoisotopic (exact) mass is 316 g/mol. The molecule has 7 heteroatoms. The summed E-state index contributed by atoms with van der Waals surface area (Å²) in [5, 5.41) is 3.14.